The Bertz CT molecular complexity index is 1020. The molecule has 2 heterocycles. The van der Waals surface area contributed by atoms with Crippen molar-refractivity contribution < 1.29 is 19.0 Å². The highest BCUT2D eigenvalue weighted by atomic mass is 19.1. The zero-order valence-electron chi connectivity index (χ0n) is 15.2. The van der Waals surface area contributed by atoms with Crippen molar-refractivity contribution in [3.8, 4) is 16.9 Å². The van der Waals surface area contributed by atoms with Crippen molar-refractivity contribution in [3.63, 3.8) is 0 Å². The average Bonchev–Trinajstić information content (AvgIpc) is 2.70. The van der Waals surface area contributed by atoms with E-state index in [2.05, 4.69) is 10.3 Å². The molecule has 1 fully saturated rings. The minimum absolute atomic E-state index is 0.105. The lowest BCUT2D eigenvalue weighted by atomic mass is 10.0. The molecule has 1 aliphatic heterocycles. The molecule has 0 atom stereocenters. The van der Waals surface area contributed by atoms with Crippen molar-refractivity contribution in [2.45, 2.75) is 0 Å². The third-order valence-corrected chi connectivity index (χ3v) is 4.77. The molecular weight excluding hydrogens is 361 g/mol. The minimum Gasteiger partial charge on any atom is -0.504 e. The number of benzene rings is 2. The number of nitrogens with zero attached hydrogens (tertiary/aromatic N) is 2. The summed E-state index contributed by atoms with van der Waals surface area (Å²) in [6.07, 6.45) is 1.56. The Kier molecular flexibility index (Phi) is 5.18. The summed E-state index contributed by atoms with van der Waals surface area (Å²) in [4.78, 5) is 18.6. The van der Waals surface area contributed by atoms with Gasteiger partial charge in [-0.2, -0.15) is 0 Å². The Morgan fingerprint density at radius 2 is 2.04 bits per heavy atom. The van der Waals surface area contributed by atoms with E-state index in [0.29, 0.717) is 48.5 Å². The largest absolute Gasteiger partial charge is 0.504 e. The summed E-state index contributed by atoms with van der Waals surface area (Å²) in [6.45, 7) is 2.87. The molecule has 6 nitrogen and oxygen atoms in total. The molecular formula is C21H20FN3O3. The molecule has 0 bridgehead atoms. The molecule has 28 heavy (non-hydrogen) atoms. The third kappa shape index (κ3) is 3.81. The number of ether oxygens (including phenoxy) is 1. The van der Waals surface area contributed by atoms with Crippen LogP contribution < -0.4 is 5.32 Å². The number of pyridine rings is 1. The van der Waals surface area contributed by atoms with Crippen LogP contribution in [-0.2, 0) is 9.53 Å². The number of halogens is 1. The van der Waals surface area contributed by atoms with Crippen LogP contribution in [0.5, 0.6) is 5.75 Å². The van der Waals surface area contributed by atoms with Crippen molar-refractivity contribution in [1.29, 1.82) is 0 Å². The summed E-state index contributed by atoms with van der Waals surface area (Å²) in [5.41, 5.74) is 2.10. The van der Waals surface area contributed by atoms with E-state index in [9.17, 15) is 14.3 Å². The Hall–Kier alpha value is -3.03. The molecule has 144 valence electrons. The van der Waals surface area contributed by atoms with E-state index in [4.69, 9.17) is 4.74 Å². The van der Waals surface area contributed by atoms with E-state index in [1.807, 2.05) is 4.90 Å². The first-order valence-electron chi connectivity index (χ1n) is 9.08. The van der Waals surface area contributed by atoms with Crippen LogP contribution in [0, 0.1) is 5.82 Å². The molecule has 0 unspecified atom stereocenters. The van der Waals surface area contributed by atoms with E-state index < -0.39 is 0 Å². The number of amides is 1. The van der Waals surface area contributed by atoms with Crippen LogP contribution in [0.15, 0.2) is 48.7 Å². The lowest BCUT2D eigenvalue weighted by Gasteiger charge is -2.25. The fourth-order valence-electron chi connectivity index (χ4n) is 3.36. The topological polar surface area (TPSA) is 74.7 Å². The minimum atomic E-state index is -0.335. The normalized spacial score (nSPS) is 14.9. The Labute approximate surface area is 161 Å². The number of phenolic OH excluding ortho intramolecular Hbond substituents is 1. The first-order chi connectivity index (χ1) is 13.6. The number of hydrogen-bond donors (Lipinski definition) is 2. The predicted octanol–water partition coefficient (Wildman–Crippen LogP) is 3.02. The van der Waals surface area contributed by atoms with Gasteiger partial charge in [0.1, 0.15) is 11.3 Å². The summed E-state index contributed by atoms with van der Waals surface area (Å²) in [6, 6.07) is 11.4. The van der Waals surface area contributed by atoms with E-state index >= 15 is 0 Å². The highest BCUT2D eigenvalue weighted by molar-refractivity contribution is 6.03. The second-order valence-electron chi connectivity index (χ2n) is 6.66. The van der Waals surface area contributed by atoms with Gasteiger partial charge in [0, 0.05) is 24.7 Å². The Balaban J connectivity index is 1.61. The Morgan fingerprint density at radius 1 is 1.21 bits per heavy atom. The molecule has 1 aliphatic rings. The van der Waals surface area contributed by atoms with Gasteiger partial charge in [-0.25, -0.2) is 4.39 Å². The van der Waals surface area contributed by atoms with Crippen LogP contribution in [0.4, 0.5) is 10.1 Å². The maximum Gasteiger partial charge on any atom is 0.238 e. The molecule has 1 saturated heterocycles. The van der Waals surface area contributed by atoms with E-state index in [-0.39, 0.29) is 24.0 Å². The highest BCUT2D eigenvalue weighted by Gasteiger charge is 2.17. The number of carbonyl (C=O) groups excluding carboxylic acids is 1. The number of aromatic nitrogens is 1. The lowest BCUT2D eigenvalue weighted by Crippen LogP contribution is -2.41. The van der Waals surface area contributed by atoms with E-state index in [1.165, 1.54) is 12.1 Å². The highest BCUT2D eigenvalue weighted by Crippen LogP contribution is 2.36. The van der Waals surface area contributed by atoms with Crippen LogP contribution in [0.2, 0.25) is 0 Å². The number of carbonyl (C=O) groups is 1. The standard InChI is InChI=1S/C21H20FN3O3/c22-15-3-1-2-14(12-15)16-6-7-23-20-17(16)4-5-18(21(20)27)24-19(26)13-25-8-10-28-11-9-25/h1-7,12,27H,8-11,13H2,(H,24,26). The van der Waals surface area contributed by atoms with Gasteiger partial charge in [0.15, 0.2) is 5.75 Å². The smallest absolute Gasteiger partial charge is 0.238 e. The second kappa shape index (κ2) is 7.92. The molecule has 0 aliphatic carbocycles. The van der Waals surface area contributed by atoms with Crippen molar-refractivity contribution in [2.24, 2.45) is 0 Å². The summed E-state index contributed by atoms with van der Waals surface area (Å²) < 4.78 is 18.9. The molecule has 2 aromatic carbocycles. The van der Waals surface area contributed by atoms with Crippen LogP contribution in [0.25, 0.3) is 22.0 Å². The van der Waals surface area contributed by atoms with Gasteiger partial charge in [0.25, 0.3) is 0 Å². The number of fused-ring (bicyclic) bond motifs is 1. The molecule has 0 spiro atoms. The van der Waals surface area contributed by atoms with Crippen LogP contribution in [0.3, 0.4) is 0 Å². The summed E-state index contributed by atoms with van der Waals surface area (Å²) in [5.74, 6) is -0.650. The van der Waals surface area contributed by atoms with Gasteiger partial charge in [-0.1, -0.05) is 12.1 Å². The predicted molar refractivity (Wildman–Crippen MR) is 105 cm³/mol. The van der Waals surface area contributed by atoms with Gasteiger partial charge in [-0.05, 0) is 41.5 Å². The molecule has 7 heteroatoms. The molecule has 0 saturated carbocycles. The summed E-state index contributed by atoms with van der Waals surface area (Å²) in [5, 5.41) is 14.1. The molecule has 1 aromatic heterocycles. The average molecular weight is 381 g/mol. The van der Waals surface area contributed by atoms with E-state index in [1.54, 1.807) is 36.5 Å². The summed E-state index contributed by atoms with van der Waals surface area (Å²) >= 11 is 0. The van der Waals surface area contributed by atoms with E-state index in [0.717, 1.165) is 5.56 Å². The number of rotatable bonds is 4. The zero-order valence-corrected chi connectivity index (χ0v) is 15.2. The Morgan fingerprint density at radius 3 is 2.82 bits per heavy atom. The number of anilines is 1. The van der Waals surface area contributed by atoms with Crippen molar-refractivity contribution in [2.75, 3.05) is 38.2 Å². The van der Waals surface area contributed by atoms with Crippen molar-refractivity contribution >= 4 is 22.5 Å². The number of phenols is 1. The van der Waals surface area contributed by atoms with Crippen molar-refractivity contribution in [1.82, 2.24) is 9.88 Å². The maximum absolute atomic E-state index is 13.6. The third-order valence-electron chi connectivity index (χ3n) is 4.77. The maximum atomic E-state index is 13.6. The molecule has 1 amide bonds. The fourth-order valence-corrected chi connectivity index (χ4v) is 3.36. The van der Waals surface area contributed by atoms with Gasteiger partial charge in [0.2, 0.25) is 5.91 Å². The quantitative estimate of drug-likeness (QED) is 0.680. The van der Waals surface area contributed by atoms with Crippen LogP contribution >= 0.6 is 0 Å². The van der Waals surface area contributed by atoms with Gasteiger partial charge in [-0.3, -0.25) is 14.7 Å². The number of aromatic hydroxyl groups is 1. The monoisotopic (exact) mass is 381 g/mol. The zero-order chi connectivity index (χ0) is 19.5. The first-order valence-corrected chi connectivity index (χ1v) is 9.08. The van der Waals surface area contributed by atoms with Gasteiger partial charge < -0.3 is 15.2 Å². The number of morpholine rings is 1. The molecule has 4 rings (SSSR count). The fraction of sp³-hybridized carbons (Fsp3) is 0.238. The first kappa shape index (κ1) is 18.3. The lowest BCUT2D eigenvalue weighted by molar-refractivity contribution is -0.118. The van der Waals surface area contributed by atoms with Crippen molar-refractivity contribution in [3.05, 3.63) is 54.5 Å². The van der Waals surface area contributed by atoms with Crippen LogP contribution in [-0.4, -0.2) is 53.7 Å². The molecule has 0 radical (unpaired) electrons. The molecule has 2 N–H and O–H groups in total. The number of nitrogens with one attached hydrogen (secondary N) is 1. The van der Waals surface area contributed by atoms with Gasteiger partial charge in [0.05, 0.1) is 25.4 Å². The van der Waals surface area contributed by atoms with Gasteiger partial charge >= 0.3 is 0 Å². The van der Waals surface area contributed by atoms with Crippen LogP contribution in [0.1, 0.15) is 0 Å². The molecule has 3 aromatic rings. The second-order valence-corrected chi connectivity index (χ2v) is 6.66. The SMILES string of the molecule is O=C(CN1CCOCC1)Nc1ccc2c(-c3cccc(F)c3)ccnc2c1O. The van der Waals surface area contributed by atoms with Gasteiger partial charge in [-0.15, -0.1) is 0 Å². The summed E-state index contributed by atoms with van der Waals surface area (Å²) in [7, 11) is 0. The number of hydrogen-bond acceptors (Lipinski definition) is 5.